The Labute approximate surface area is 121 Å². The number of rotatable bonds is 8. The molecule has 2 fully saturated rings. The van der Waals surface area contributed by atoms with Gasteiger partial charge in [0.25, 0.3) is 0 Å². The first-order chi connectivity index (χ1) is 8.99. The lowest BCUT2D eigenvalue weighted by molar-refractivity contribution is -0.148. The van der Waals surface area contributed by atoms with E-state index in [-0.39, 0.29) is 5.97 Å². The lowest BCUT2D eigenvalue weighted by Crippen LogP contribution is -2.58. The standard InChI is InChI=1S/C15H27NO2S/c1-10(2)11(3)19-9-15(12-5-6-12,14(17)18-4)16-13-7-8-13/h10-13,16H,5-9H2,1-4H3. The zero-order chi connectivity index (χ0) is 14.0. The average molecular weight is 285 g/mol. The van der Waals surface area contributed by atoms with Gasteiger partial charge in [-0.15, -0.1) is 0 Å². The number of hydrogen-bond acceptors (Lipinski definition) is 4. The van der Waals surface area contributed by atoms with Crippen LogP contribution in [0, 0.1) is 11.8 Å². The Kier molecular flexibility index (Phi) is 4.83. The molecule has 2 saturated carbocycles. The second kappa shape index (κ2) is 6.04. The molecular formula is C15H27NO2S. The van der Waals surface area contributed by atoms with Gasteiger partial charge in [0.05, 0.1) is 7.11 Å². The quantitative estimate of drug-likeness (QED) is 0.696. The highest BCUT2D eigenvalue weighted by Gasteiger charge is 2.53. The van der Waals surface area contributed by atoms with E-state index in [1.807, 2.05) is 11.8 Å². The zero-order valence-corrected chi connectivity index (χ0v) is 13.4. The normalized spacial score (nSPS) is 24.1. The Morgan fingerprint density at radius 2 is 1.95 bits per heavy atom. The van der Waals surface area contributed by atoms with Crippen molar-refractivity contribution < 1.29 is 9.53 Å². The van der Waals surface area contributed by atoms with Gasteiger partial charge in [-0.05, 0) is 37.5 Å². The highest BCUT2D eigenvalue weighted by Crippen LogP contribution is 2.44. The third kappa shape index (κ3) is 3.66. The summed E-state index contributed by atoms with van der Waals surface area (Å²) in [4.78, 5) is 12.4. The molecule has 0 aromatic rings. The van der Waals surface area contributed by atoms with Gasteiger partial charge < -0.3 is 4.74 Å². The van der Waals surface area contributed by atoms with Crippen LogP contribution in [0.25, 0.3) is 0 Å². The van der Waals surface area contributed by atoms with Gasteiger partial charge in [-0.2, -0.15) is 11.8 Å². The van der Waals surface area contributed by atoms with Gasteiger partial charge in [0.15, 0.2) is 0 Å². The number of thioether (sulfide) groups is 1. The Hall–Kier alpha value is -0.220. The van der Waals surface area contributed by atoms with Crippen molar-refractivity contribution in [3.8, 4) is 0 Å². The van der Waals surface area contributed by atoms with Crippen molar-refractivity contribution in [2.45, 2.75) is 63.3 Å². The third-order valence-corrected chi connectivity index (χ3v) is 6.07. The first kappa shape index (κ1) is 15.2. The van der Waals surface area contributed by atoms with E-state index in [4.69, 9.17) is 4.74 Å². The first-order valence-electron chi connectivity index (χ1n) is 7.47. The smallest absolute Gasteiger partial charge is 0.327 e. The molecule has 0 bridgehead atoms. The van der Waals surface area contributed by atoms with Gasteiger partial charge in [0.2, 0.25) is 0 Å². The van der Waals surface area contributed by atoms with E-state index < -0.39 is 5.54 Å². The van der Waals surface area contributed by atoms with Crippen LogP contribution in [-0.4, -0.2) is 35.7 Å². The van der Waals surface area contributed by atoms with E-state index in [1.54, 1.807) is 0 Å². The summed E-state index contributed by atoms with van der Waals surface area (Å²) in [7, 11) is 1.52. The van der Waals surface area contributed by atoms with Crippen LogP contribution in [0.3, 0.4) is 0 Å². The monoisotopic (exact) mass is 285 g/mol. The number of nitrogens with one attached hydrogen (secondary N) is 1. The maximum absolute atomic E-state index is 12.4. The molecule has 2 atom stereocenters. The van der Waals surface area contributed by atoms with Crippen molar-refractivity contribution in [2.75, 3.05) is 12.9 Å². The molecule has 0 spiro atoms. The summed E-state index contributed by atoms with van der Waals surface area (Å²) < 4.78 is 5.12. The predicted molar refractivity (Wildman–Crippen MR) is 80.4 cm³/mol. The van der Waals surface area contributed by atoms with Gasteiger partial charge in [0.1, 0.15) is 5.54 Å². The van der Waals surface area contributed by atoms with E-state index in [0.29, 0.717) is 23.1 Å². The van der Waals surface area contributed by atoms with Crippen LogP contribution in [0.5, 0.6) is 0 Å². The third-order valence-electron chi connectivity index (χ3n) is 4.38. The van der Waals surface area contributed by atoms with Crippen molar-refractivity contribution in [1.29, 1.82) is 0 Å². The average Bonchev–Trinajstić information content (AvgIpc) is 3.25. The Balaban J connectivity index is 2.04. The van der Waals surface area contributed by atoms with Gasteiger partial charge in [-0.1, -0.05) is 20.8 Å². The van der Waals surface area contributed by atoms with Gasteiger partial charge >= 0.3 is 5.97 Å². The van der Waals surface area contributed by atoms with E-state index in [0.717, 1.165) is 18.6 Å². The molecule has 0 radical (unpaired) electrons. The second-order valence-corrected chi connectivity index (χ2v) is 7.78. The molecule has 2 rings (SSSR count). The minimum Gasteiger partial charge on any atom is -0.468 e. The maximum atomic E-state index is 12.4. The zero-order valence-electron chi connectivity index (χ0n) is 12.6. The summed E-state index contributed by atoms with van der Waals surface area (Å²) >= 11 is 1.91. The van der Waals surface area contributed by atoms with Gasteiger partial charge in [0, 0.05) is 17.0 Å². The van der Waals surface area contributed by atoms with Crippen molar-refractivity contribution in [1.82, 2.24) is 5.32 Å². The number of esters is 1. The summed E-state index contributed by atoms with van der Waals surface area (Å²) in [5.74, 6) is 1.92. The molecule has 0 aliphatic heterocycles. The summed E-state index contributed by atoms with van der Waals surface area (Å²) in [6.45, 7) is 6.73. The topological polar surface area (TPSA) is 38.3 Å². The van der Waals surface area contributed by atoms with E-state index in [1.165, 1.54) is 20.0 Å². The summed E-state index contributed by atoms with van der Waals surface area (Å²) in [5.41, 5.74) is -0.427. The first-order valence-corrected chi connectivity index (χ1v) is 8.52. The Morgan fingerprint density at radius 1 is 1.32 bits per heavy atom. The number of carbonyl (C=O) groups excluding carboxylic acids is 1. The molecule has 0 heterocycles. The van der Waals surface area contributed by atoms with Crippen molar-refractivity contribution in [3.05, 3.63) is 0 Å². The van der Waals surface area contributed by atoms with Crippen LogP contribution in [0.15, 0.2) is 0 Å². The van der Waals surface area contributed by atoms with Gasteiger partial charge in [-0.3, -0.25) is 10.1 Å². The lowest BCUT2D eigenvalue weighted by atomic mass is 9.95. The molecule has 4 heteroatoms. The maximum Gasteiger partial charge on any atom is 0.327 e. The number of ether oxygens (including phenoxy) is 1. The Morgan fingerprint density at radius 3 is 2.37 bits per heavy atom. The number of methoxy groups -OCH3 is 1. The molecule has 19 heavy (non-hydrogen) atoms. The van der Waals surface area contributed by atoms with E-state index in [9.17, 15) is 4.79 Å². The summed E-state index contributed by atoms with van der Waals surface area (Å²) in [6.07, 6.45) is 4.72. The van der Waals surface area contributed by atoms with Crippen LogP contribution in [0.2, 0.25) is 0 Å². The second-order valence-electron chi connectivity index (χ2n) is 6.42. The molecule has 2 aliphatic rings. The highest BCUT2D eigenvalue weighted by molar-refractivity contribution is 8.00. The van der Waals surface area contributed by atoms with Crippen LogP contribution in [0.4, 0.5) is 0 Å². The molecular weight excluding hydrogens is 258 g/mol. The fourth-order valence-electron chi connectivity index (χ4n) is 2.37. The van der Waals surface area contributed by atoms with Crippen LogP contribution >= 0.6 is 11.8 Å². The van der Waals surface area contributed by atoms with Crippen LogP contribution < -0.4 is 5.32 Å². The minimum atomic E-state index is -0.427. The molecule has 110 valence electrons. The highest BCUT2D eigenvalue weighted by atomic mass is 32.2. The molecule has 0 amide bonds. The Bertz CT molecular complexity index is 326. The molecule has 0 aromatic carbocycles. The SMILES string of the molecule is COC(=O)C(CSC(C)C(C)C)(NC1CC1)C1CC1. The predicted octanol–water partition coefficient (Wildman–Crippen LogP) is 2.84. The fraction of sp³-hybridized carbons (Fsp3) is 0.933. The van der Waals surface area contributed by atoms with E-state index >= 15 is 0 Å². The van der Waals surface area contributed by atoms with Crippen molar-refractivity contribution in [3.63, 3.8) is 0 Å². The molecule has 1 N–H and O–H groups in total. The lowest BCUT2D eigenvalue weighted by Gasteiger charge is -2.33. The number of carbonyl (C=O) groups is 1. The molecule has 2 aliphatic carbocycles. The largest absolute Gasteiger partial charge is 0.468 e. The summed E-state index contributed by atoms with van der Waals surface area (Å²) in [6, 6.07) is 0.537. The van der Waals surface area contributed by atoms with Crippen molar-refractivity contribution >= 4 is 17.7 Å². The molecule has 0 aromatic heterocycles. The molecule has 3 nitrogen and oxygen atoms in total. The minimum absolute atomic E-state index is 0.0506. The van der Waals surface area contributed by atoms with E-state index in [2.05, 4.69) is 26.1 Å². The van der Waals surface area contributed by atoms with Crippen LogP contribution in [-0.2, 0) is 9.53 Å². The van der Waals surface area contributed by atoms with Crippen molar-refractivity contribution in [2.24, 2.45) is 11.8 Å². The molecule has 2 unspecified atom stereocenters. The van der Waals surface area contributed by atoms with Crippen LogP contribution in [0.1, 0.15) is 46.5 Å². The van der Waals surface area contributed by atoms with Gasteiger partial charge in [-0.25, -0.2) is 0 Å². The summed E-state index contributed by atoms with van der Waals surface area (Å²) in [5, 5.41) is 4.19. The molecule has 0 saturated heterocycles. The fourth-order valence-corrected chi connectivity index (χ4v) is 3.71. The number of hydrogen-bond donors (Lipinski definition) is 1.